The van der Waals surface area contributed by atoms with E-state index in [1.54, 1.807) is 17.0 Å². The van der Waals surface area contributed by atoms with Gasteiger partial charge >= 0.3 is 0 Å². The van der Waals surface area contributed by atoms with Crippen molar-refractivity contribution in [3.63, 3.8) is 0 Å². The van der Waals surface area contributed by atoms with Crippen LogP contribution in [0.25, 0.3) is 10.9 Å². The topological polar surface area (TPSA) is 113 Å². The van der Waals surface area contributed by atoms with E-state index < -0.39 is 6.04 Å². The van der Waals surface area contributed by atoms with Crippen molar-refractivity contribution in [2.45, 2.75) is 44.7 Å². The Labute approximate surface area is 207 Å². The third-order valence-corrected chi connectivity index (χ3v) is 7.54. The van der Waals surface area contributed by atoms with Crippen LogP contribution in [0, 0.1) is 6.92 Å². The molecule has 1 amide bonds. The second-order valence-electron chi connectivity index (χ2n) is 9.72. The molecule has 0 bridgehead atoms. The summed E-state index contributed by atoms with van der Waals surface area (Å²) < 4.78 is 7.24. The van der Waals surface area contributed by atoms with Crippen molar-refractivity contribution in [2.24, 2.45) is 0 Å². The lowest BCUT2D eigenvalue weighted by Crippen LogP contribution is -2.50. The summed E-state index contributed by atoms with van der Waals surface area (Å²) in [5, 5.41) is 13.8. The van der Waals surface area contributed by atoms with Gasteiger partial charge < -0.3 is 14.3 Å². The number of pyridine rings is 1. The van der Waals surface area contributed by atoms with E-state index in [1.807, 2.05) is 35.9 Å². The van der Waals surface area contributed by atoms with Gasteiger partial charge in [-0.2, -0.15) is 0 Å². The number of rotatable bonds is 5. The Morgan fingerprint density at radius 1 is 1.11 bits per heavy atom. The smallest absolute Gasteiger partial charge is 0.289 e. The molecule has 1 saturated heterocycles. The van der Waals surface area contributed by atoms with Crippen LogP contribution in [0.1, 0.15) is 65.3 Å². The van der Waals surface area contributed by atoms with Crippen LogP contribution in [0.3, 0.4) is 0 Å². The molecular formula is C26H29N7O3. The normalized spacial score (nSPS) is 18.2. The summed E-state index contributed by atoms with van der Waals surface area (Å²) in [6, 6.07) is 11.2. The molecule has 36 heavy (non-hydrogen) atoms. The van der Waals surface area contributed by atoms with Gasteiger partial charge in [0.05, 0.1) is 17.8 Å². The summed E-state index contributed by atoms with van der Waals surface area (Å²) >= 11 is 0. The van der Waals surface area contributed by atoms with E-state index in [0.29, 0.717) is 43.3 Å². The number of fused-ring (bicyclic) bond motifs is 1. The Morgan fingerprint density at radius 2 is 1.92 bits per heavy atom. The Kier molecular flexibility index (Phi) is 5.88. The number of para-hydroxylation sites is 1. The monoisotopic (exact) mass is 487 g/mol. The minimum absolute atomic E-state index is 0.119. The molecule has 1 aliphatic heterocycles. The number of carbonyl (C=O) groups is 1. The molecule has 0 spiro atoms. The van der Waals surface area contributed by atoms with Crippen LogP contribution < -0.4 is 5.56 Å². The van der Waals surface area contributed by atoms with Crippen LogP contribution in [0.15, 0.2) is 51.9 Å². The predicted molar refractivity (Wildman–Crippen MR) is 133 cm³/mol. The number of benzene rings is 1. The average Bonchev–Trinajstić information content (AvgIpc) is 3.68. The van der Waals surface area contributed by atoms with Gasteiger partial charge in [-0.1, -0.05) is 31.0 Å². The first-order valence-electron chi connectivity index (χ1n) is 12.6. The van der Waals surface area contributed by atoms with Crippen LogP contribution >= 0.6 is 0 Å². The van der Waals surface area contributed by atoms with Crippen LogP contribution in [0.2, 0.25) is 0 Å². The Balaban J connectivity index is 1.38. The van der Waals surface area contributed by atoms with E-state index in [9.17, 15) is 9.59 Å². The van der Waals surface area contributed by atoms with E-state index >= 15 is 0 Å². The number of aromatic amines is 1. The molecule has 1 aromatic carbocycles. The number of amides is 1. The molecule has 1 atom stereocenters. The van der Waals surface area contributed by atoms with Crippen LogP contribution in [-0.4, -0.2) is 67.1 Å². The lowest BCUT2D eigenvalue weighted by atomic mass is 10.0. The van der Waals surface area contributed by atoms with E-state index in [2.05, 4.69) is 25.4 Å². The van der Waals surface area contributed by atoms with Crippen LogP contribution in [-0.2, 0) is 0 Å². The van der Waals surface area contributed by atoms with E-state index in [4.69, 9.17) is 4.42 Å². The number of nitrogens with zero attached hydrogens (tertiary/aromatic N) is 6. The molecule has 10 nitrogen and oxygen atoms in total. The minimum atomic E-state index is -0.421. The fourth-order valence-corrected chi connectivity index (χ4v) is 5.63. The van der Waals surface area contributed by atoms with Gasteiger partial charge in [-0.15, -0.1) is 5.10 Å². The van der Waals surface area contributed by atoms with Crippen molar-refractivity contribution >= 4 is 16.8 Å². The molecule has 186 valence electrons. The molecule has 1 unspecified atom stereocenters. The molecule has 1 N–H and O–H groups in total. The molecule has 10 heteroatoms. The first-order chi connectivity index (χ1) is 17.6. The molecule has 4 aromatic rings. The van der Waals surface area contributed by atoms with Gasteiger partial charge in [-0.25, -0.2) is 4.68 Å². The third kappa shape index (κ3) is 4.01. The summed E-state index contributed by atoms with van der Waals surface area (Å²) in [6.45, 7) is 4.20. The Hall–Kier alpha value is -3.79. The quantitative estimate of drug-likeness (QED) is 0.460. The van der Waals surface area contributed by atoms with Crippen molar-refractivity contribution in [1.29, 1.82) is 0 Å². The summed E-state index contributed by atoms with van der Waals surface area (Å²) in [7, 11) is 0. The zero-order valence-electron chi connectivity index (χ0n) is 20.3. The van der Waals surface area contributed by atoms with Gasteiger partial charge in [-0.05, 0) is 59.3 Å². The highest BCUT2D eigenvalue weighted by Crippen LogP contribution is 2.34. The SMILES string of the molecule is Cc1cccc2cc(C(c3nnnn3C3CCCC3)N3CCN(C(=O)c4ccco4)CC3)c(=O)[nH]c12. The average molecular weight is 488 g/mol. The zero-order chi connectivity index (χ0) is 24.6. The van der Waals surface area contributed by atoms with Gasteiger partial charge in [0.25, 0.3) is 11.5 Å². The molecule has 4 heterocycles. The van der Waals surface area contributed by atoms with Crippen LogP contribution in [0.4, 0.5) is 0 Å². The highest BCUT2D eigenvalue weighted by molar-refractivity contribution is 5.91. The number of furan rings is 1. The van der Waals surface area contributed by atoms with Crippen molar-refractivity contribution in [2.75, 3.05) is 26.2 Å². The van der Waals surface area contributed by atoms with Crippen molar-refractivity contribution in [3.8, 4) is 0 Å². The molecule has 2 aliphatic rings. The van der Waals surface area contributed by atoms with Gasteiger partial charge in [0, 0.05) is 31.7 Å². The van der Waals surface area contributed by atoms with Gasteiger partial charge in [-0.3, -0.25) is 14.5 Å². The second-order valence-corrected chi connectivity index (χ2v) is 9.72. The molecule has 2 fully saturated rings. The number of hydrogen-bond acceptors (Lipinski definition) is 7. The first-order valence-corrected chi connectivity index (χ1v) is 12.6. The van der Waals surface area contributed by atoms with E-state index in [0.717, 1.165) is 42.1 Å². The minimum Gasteiger partial charge on any atom is -0.459 e. The van der Waals surface area contributed by atoms with Crippen molar-refractivity contribution < 1.29 is 9.21 Å². The van der Waals surface area contributed by atoms with Gasteiger partial charge in [0.15, 0.2) is 11.6 Å². The summed E-state index contributed by atoms with van der Waals surface area (Å²) in [5.74, 6) is 0.905. The Morgan fingerprint density at radius 3 is 2.67 bits per heavy atom. The number of piperazine rings is 1. The highest BCUT2D eigenvalue weighted by atomic mass is 16.3. The van der Waals surface area contributed by atoms with Crippen molar-refractivity contribution in [1.82, 2.24) is 35.0 Å². The number of carbonyl (C=O) groups excluding carboxylic acids is 1. The lowest BCUT2D eigenvalue weighted by molar-refractivity contribution is 0.0557. The Bertz CT molecular complexity index is 1430. The summed E-state index contributed by atoms with van der Waals surface area (Å²) in [5.41, 5.74) is 2.34. The molecule has 3 aromatic heterocycles. The van der Waals surface area contributed by atoms with E-state index in [1.165, 1.54) is 6.26 Å². The molecule has 6 rings (SSSR count). The maximum atomic E-state index is 13.5. The number of tetrazole rings is 1. The maximum Gasteiger partial charge on any atom is 0.289 e. The lowest BCUT2D eigenvalue weighted by Gasteiger charge is -2.38. The fraction of sp³-hybridized carbons (Fsp3) is 0.423. The predicted octanol–water partition coefficient (Wildman–Crippen LogP) is 3.08. The van der Waals surface area contributed by atoms with Gasteiger partial charge in [0.2, 0.25) is 0 Å². The number of H-pyrrole nitrogens is 1. The standard InChI is InChI=1S/C26H29N7O3/c1-17-6-4-7-18-16-20(25(34)27-22(17)18)23(24-28-29-30-33(24)19-8-2-3-9-19)31-11-13-32(14-12-31)26(35)21-10-5-15-36-21/h4-7,10,15-16,19,23H,2-3,8-9,11-14H2,1H3,(H,27,34). The number of aryl methyl sites for hydroxylation is 1. The number of aromatic nitrogens is 5. The number of hydrogen-bond donors (Lipinski definition) is 1. The molecule has 0 radical (unpaired) electrons. The maximum absolute atomic E-state index is 13.5. The van der Waals surface area contributed by atoms with Crippen molar-refractivity contribution in [3.05, 3.63) is 75.7 Å². The third-order valence-electron chi connectivity index (χ3n) is 7.54. The second kappa shape index (κ2) is 9.34. The first kappa shape index (κ1) is 22.7. The van der Waals surface area contributed by atoms with Gasteiger partial charge in [0.1, 0.15) is 6.04 Å². The van der Waals surface area contributed by atoms with E-state index in [-0.39, 0.29) is 17.5 Å². The zero-order valence-corrected chi connectivity index (χ0v) is 20.3. The molecule has 1 aliphatic carbocycles. The summed E-state index contributed by atoms with van der Waals surface area (Å²) in [4.78, 5) is 33.4. The molecular weight excluding hydrogens is 458 g/mol. The summed E-state index contributed by atoms with van der Waals surface area (Å²) in [6.07, 6.45) is 5.87. The largest absolute Gasteiger partial charge is 0.459 e. The van der Waals surface area contributed by atoms with Crippen LogP contribution in [0.5, 0.6) is 0 Å². The molecule has 1 saturated carbocycles. The number of nitrogens with one attached hydrogen (secondary N) is 1. The fourth-order valence-electron chi connectivity index (χ4n) is 5.63. The highest BCUT2D eigenvalue weighted by Gasteiger charge is 2.35.